The van der Waals surface area contributed by atoms with E-state index in [0.29, 0.717) is 19.0 Å². The topological polar surface area (TPSA) is 44.2 Å². The van der Waals surface area contributed by atoms with Crippen molar-refractivity contribution < 1.29 is 9.47 Å². The zero-order valence-electron chi connectivity index (χ0n) is 8.54. The molecule has 84 valence electrons. The second-order valence-corrected chi connectivity index (χ2v) is 3.84. The molecular weight excluding hydrogens is 239 g/mol. The lowest BCUT2D eigenvalue weighted by Crippen LogP contribution is -2.11. The van der Waals surface area contributed by atoms with Gasteiger partial charge in [-0.1, -0.05) is 23.2 Å². The van der Waals surface area contributed by atoms with Crippen molar-refractivity contribution in [3.63, 3.8) is 0 Å². The van der Waals surface area contributed by atoms with Gasteiger partial charge in [-0.3, -0.25) is 0 Å². The Morgan fingerprint density at radius 1 is 1.27 bits per heavy atom. The number of halogens is 2. The zero-order valence-corrected chi connectivity index (χ0v) is 10.0. The van der Waals surface area contributed by atoms with E-state index in [2.05, 4.69) is 10.2 Å². The summed E-state index contributed by atoms with van der Waals surface area (Å²) in [4.78, 5) is 0. The molecule has 1 heterocycles. The van der Waals surface area contributed by atoms with Crippen molar-refractivity contribution in [1.82, 2.24) is 10.2 Å². The molecular formula is C9H12Cl2N2O2. The minimum atomic E-state index is 0.184. The van der Waals surface area contributed by atoms with Crippen LogP contribution < -0.4 is 4.74 Å². The largest absolute Gasteiger partial charge is 0.488 e. The van der Waals surface area contributed by atoms with E-state index in [4.69, 9.17) is 32.7 Å². The van der Waals surface area contributed by atoms with Crippen molar-refractivity contribution >= 4 is 23.2 Å². The van der Waals surface area contributed by atoms with E-state index in [0.717, 1.165) is 0 Å². The Bertz CT molecular complexity index is 321. The van der Waals surface area contributed by atoms with Gasteiger partial charge in [0.05, 0.1) is 12.7 Å². The van der Waals surface area contributed by atoms with E-state index >= 15 is 0 Å². The molecule has 0 aliphatic carbocycles. The lowest BCUT2D eigenvalue weighted by atomic mass is 10.5. The Hall–Kier alpha value is -0.580. The highest BCUT2D eigenvalue weighted by Crippen LogP contribution is 2.23. The van der Waals surface area contributed by atoms with Gasteiger partial charge in [0.1, 0.15) is 6.61 Å². The van der Waals surface area contributed by atoms with Crippen LogP contribution in [0.3, 0.4) is 0 Å². The summed E-state index contributed by atoms with van der Waals surface area (Å²) in [6.07, 6.45) is 0.184. The van der Waals surface area contributed by atoms with E-state index in [1.54, 1.807) is 0 Å². The summed E-state index contributed by atoms with van der Waals surface area (Å²) in [7, 11) is 0. The number of hydrogen-bond acceptors (Lipinski definition) is 4. The third kappa shape index (κ3) is 4.64. The molecule has 0 saturated carbocycles. The maximum atomic E-state index is 5.74. The molecule has 0 N–H and O–H groups in total. The molecule has 0 aromatic carbocycles. The first-order valence-corrected chi connectivity index (χ1v) is 5.28. The van der Waals surface area contributed by atoms with Gasteiger partial charge < -0.3 is 9.47 Å². The number of rotatable bonds is 5. The average Bonchev–Trinajstić information content (AvgIpc) is 2.17. The van der Waals surface area contributed by atoms with Gasteiger partial charge in [0.15, 0.2) is 16.1 Å². The monoisotopic (exact) mass is 250 g/mol. The smallest absolute Gasteiger partial charge is 0.193 e. The van der Waals surface area contributed by atoms with E-state index in [-0.39, 0.29) is 16.4 Å². The Balaban J connectivity index is 2.40. The summed E-state index contributed by atoms with van der Waals surface area (Å²) in [5, 5.41) is 7.63. The number of hydrogen-bond donors (Lipinski definition) is 0. The summed E-state index contributed by atoms with van der Waals surface area (Å²) >= 11 is 11.4. The van der Waals surface area contributed by atoms with Gasteiger partial charge in [0.25, 0.3) is 0 Å². The number of aromatic nitrogens is 2. The van der Waals surface area contributed by atoms with E-state index in [9.17, 15) is 0 Å². The summed E-state index contributed by atoms with van der Waals surface area (Å²) in [5.41, 5.74) is 0. The maximum Gasteiger partial charge on any atom is 0.193 e. The first-order valence-electron chi connectivity index (χ1n) is 4.52. The molecule has 0 spiro atoms. The fourth-order valence-corrected chi connectivity index (χ4v) is 1.16. The highest BCUT2D eigenvalue weighted by atomic mass is 35.5. The van der Waals surface area contributed by atoms with Gasteiger partial charge in [-0.15, -0.1) is 10.2 Å². The van der Waals surface area contributed by atoms with Gasteiger partial charge in [-0.05, 0) is 13.8 Å². The molecule has 0 amide bonds. The van der Waals surface area contributed by atoms with Crippen LogP contribution in [-0.4, -0.2) is 29.5 Å². The van der Waals surface area contributed by atoms with E-state index in [1.165, 1.54) is 6.07 Å². The second-order valence-electron chi connectivity index (χ2n) is 3.09. The Morgan fingerprint density at radius 3 is 2.67 bits per heavy atom. The standard InChI is InChI=1S/C9H12Cl2N2O2/c1-6(2)14-3-4-15-7-5-8(10)12-13-9(7)11/h5-6H,3-4H2,1-2H3. The highest BCUT2D eigenvalue weighted by molar-refractivity contribution is 6.32. The summed E-state index contributed by atoms with van der Waals surface area (Å²) in [6.45, 7) is 4.81. The SMILES string of the molecule is CC(C)OCCOc1cc(Cl)nnc1Cl. The molecule has 0 aliphatic rings. The molecule has 0 unspecified atom stereocenters. The maximum absolute atomic E-state index is 5.74. The minimum absolute atomic E-state index is 0.184. The van der Waals surface area contributed by atoms with Gasteiger partial charge in [0.2, 0.25) is 0 Å². The molecule has 1 aromatic heterocycles. The van der Waals surface area contributed by atoms with Crippen LogP contribution in [0.4, 0.5) is 0 Å². The number of nitrogens with zero attached hydrogens (tertiary/aromatic N) is 2. The van der Waals surface area contributed by atoms with Gasteiger partial charge in [-0.2, -0.15) is 0 Å². The molecule has 6 heteroatoms. The molecule has 1 rings (SSSR count). The van der Waals surface area contributed by atoms with Crippen molar-refractivity contribution in [2.45, 2.75) is 20.0 Å². The molecule has 0 radical (unpaired) electrons. The van der Waals surface area contributed by atoms with Crippen LogP contribution in [0.25, 0.3) is 0 Å². The van der Waals surface area contributed by atoms with Crippen LogP contribution in [-0.2, 0) is 4.74 Å². The number of ether oxygens (including phenoxy) is 2. The molecule has 15 heavy (non-hydrogen) atoms. The van der Waals surface area contributed by atoms with Crippen molar-refractivity contribution in [2.24, 2.45) is 0 Å². The van der Waals surface area contributed by atoms with Crippen molar-refractivity contribution in [3.05, 3.63) is 16.4 Å². The lowest BCUT2D eigenvalue weighted by molar-refractivity contribution is 0.0552. The molecule has 0 aliphatic heterocycles. The molecule has 0 fully saturated rings. The first kappa shape index (κ1) is 12.5. The predicted molar refractivity (Wildman–Crippen MR) is 58.6 cm³/mol. The van der Waals surface area contributed by atoms with Crippen LogP contribution in [0, 0.1) is 0 Å². The summed E-state index contributed by atoms with van der Waals surface area (Å²) in [6, 6.07) is 1.52. The second kappa shape index (κ2) is 6.10. The van der Waals surface area contributed by atoms with Gasteiger partial charge in [0, 0.05) is 6.07 Å². The van der Waals surface area contributed by atoms with Gasteiger partial charge in [-0.25, -0.2) is 0 Å². The quantitative estimate of drug-likeness (QED) is 0.754. The highest BCUT2D eigenvalue weighted by Gasteiger charge is 2.05. The minimum Gasteiger partial charge on any atom is -0.488 e. The zero-order chi connectivity index (χ0) is 11.3. The molecule has 0 atom stereocenters. The molecule has 1 aromatic rings. The van der Waals surface area contributed by atoms with Crippen molar-refractivity contribution in [1.29, 1.82) is 0 Å². The van der Waals surface area contributed by atoms with Crippen molar-refractivity contribution in [2.75, 3.05) is 13.2 Å². The summed E-state index contributed by atoms with van der Waals surface area (Å²) in [5.74, 6) is 0.420. The molecule has 4 nitrogen and oxygen atoms in total. The fourth-order valence-electron chi connectivity index (χ4n) is 0.874. The van der Waals surface area contributed by atoms with Gasteiger partial charge >= 0.3 is 0 Å². The Kier molecular flexibility index (Phi) is 5.08. The van der Waals surface area contributed by atoms with Crippen LogP contribution in [0.5, 0.6) is 5.75 Å². The summed E-state index contributed by atoms with van der Waals surface area (Å²) < 4.78 is 10.6. The van der Waals surface area contributed by atoms with Crippen LogP contribution in [0.1, 0.15) is 13.8 Å². The molecule has 0 saturated heterocycles. The van der Waals surface area contributed by atoms with E-state index < -0.39 is 0 Å². The average molecular weight is 251 g/mol. The third-order valence-electron chi connectivity index (χ3n) is 1.48. The molecule has 0 bridgehead atoms. The van der Waals surface area contributed by atoms with Crippen LogP contribution in [0.2, 0.25) is 10.3 Å². The predicted octanol–water partition coefficient (Wildman–Crippen LogP) is 2.59. The first-order chi connectivity index (χ1) is 7.09. The van der Waals surface area contributed by atoms with Crippen LogP contribution >= 0.6 is 23.2 Å². The lowest BCUT2D eigenvalue weighted by Gasteiger charge is -2.09. The van der Waals surface area contributed by atoms with Crippen molar-refractivity contribution in [3.8, 4) is 5.75 Å². The fraction of sp³-hybridized carbons (Fsp3) is 0.556. The Labute approximate surface area is 98.5 Å². The van der Waals surface area contributed by atoms with Crippen LogP contribution in [0.15, 0.2) is 6.07 Å². The Morgan fingerprint density at radius 2 is 2.00 bits per heavy atom. The normalized spacial score (nSPS) is 10.7. The third-order valence-corrected chi connectivity index (χ3v) is 1.93. The van der Waals surface area contributed by atoms with E-state index in [1.807, 2.05) is 13.8 Å².